The Hall–Kier alpha value is -4.30. The molecule has 2 aromatic heterocycles. The minimum Gasteiger partial charge on any atom is -0.497 e. The first-order valence-electron chi connectivity index (χ1n) is 13.6. The molecular formula is C32H36N6O2. The summed E-state index contributed by atoms with van der Waals surface area (Å²) in [6, 6.07) is 26.0. The largest absolute Gasteiger partial charge is 0.497 e. The molecule has 0 radical (unpaired) electrons. The van der Waals surface area contributed by atoms with E-state index in [1.807, 2.05) is 47.1 Å². The molecule has 0 fully saturated rings. The van der Waals surface area contributed by atoms with E-state index in [-0.39, 0.29) is 5.56 Å². The zero-order valence-corrected chi connectivity index (χ0v) is 23.8. The van der Waals surface area contributed by atoms with Gasteiger partial charge in [0.25, 0.3) is 5.56 Å². The topological polar surface area (TPSA) is 88.9 Å². The van der Waals surface area contributed by atoms with Crippen LogP contribution >= 0.6 is 0 Å². The number of tetrazole rings is 1. The van der Waals surface area contributed by atoms with Crippen molar-refractivity contribution in [3.8, 4) is 5.75 Å². The van der Waals surface area contributed by atoms with Crippen LogP contribution in [0.2, 0.25) is 0 Å². The SMILES string of the molecule is CCc1ccc2[nH]c(=O)c(C(c3nnnn3C(C)(C)C)N(Cc3ccccc3)Cc3ccc(OC)cc3)cc2c1. The van der Waals surface area contributed by atoms with E-state index < -0.39 is 11.6 Å². The van der Waals surface area contributed by atoms with Crippen LogP contribution in [0.5, 0.6) is 5.75 Å². The molecule has 0 spiro atoms. The summed E-state index contributed by atoms with van der Waals surface area (Å²) >= 11 is 0. The van der Waals surface area contributed by atoms with E-state index in [1.165, 1.54) is 5.56 Å². The van der Waals surface area contributed by atoms with Crippen LogP contribution < -0.4 is 10.3 Å². The maximum atomic E-state index is 13.8. The fourth-order valence-corrected chi connectivity index (χ4v) is 5.06. The number of nitrogens with zero attached hydrogens (tertiary/aromatic N) is 5. The first-order valence-corrected chi connectivity index (χ1v) is 13.6. The average molecular weight is 537 g/mol. The van der Waals surface area contributed by atoms with Crippen LogP contribution in [0.3, 0.4) is 0 Å². The van der Waals surface area contributed by atoms with Gasteiger partial charge in [-0.25, -0.2) is 4.68 Å². The summed E-state index contributed by atoms with van der Waals surface area (Å²) in [6.07, 6.45) is 0.910. The van der Waals surface area contributed by atoms with Gasteiger partial charge in [0.1, 0.15) is 11.8 Å². The highest BCUT2D eigenvalue weighted by atomic mass is 16.5. The average Bonchev–Trinajstić information content (AvgIpc) is 3.44. The second kappa shape index (κ2) is 11.4. The molecule has 206 valence electrons. The molecule has 8 heteroatoms. The number of fused-ring (bicyclic) bond motifs is 1. The lowest BCUT2D eigenvalue weighted by atomic mass is 9.99. The van der Waals surface area contributed by atoms with Crippen LogP contribution in [0, 0.1) is 0 Å². The maximum absolute atomic E-state index is 13.8. The van der Waals surface area contributed by atoms with Gasteiger partial charge in [-0.1, -0.05) is 55.5 Å². The number of nitrogens with one attached hydrogen (secondary N) is 1. The van der Waals surface area contributed by atoms with Gasteiger partial charge in [-0.15, -0.1) is 5.10 Å². The minimum atomic E-state index is -0.519. The van der Waals surface area contributed by atoms with E-state index in [0.29, 0.717) is 24.5 Å². The third kappa shape index (κ3) is 5.82. The predicted molar refractivity (Wildman–Crippen MR) is 157 cm³/mol. The summed E-state index contributed by atoms with van der Waals surface area (Å²) in [5, 5.41) is 14.0. The van der Waals surface area contributed by atoms with E-state index in [9.17, 15) is 4.79 Å². The van der Waals surface area contributed by atoms with Gasteiger partial charge in [-0.3, -0.25) is 9.69 Å². The standard InChI is InChI=1S/C32H36N6O2/c1-6-22-14-17-28-25(18-22)19-27(31(39)33-28)29(30-34-35-36-38(30)32(2,3)4)37(20-23-10-8-7-9-11-23)21-24-12-15-26(40-5)16-13-24/h7-19,29H,6,20-21H2,1-5H3,(H,33,39). The molecular weight excluding hydrogens is 500 g/mol. The number of pyridine rings is 1. The van der Waals surface area contributed by atoms with Crippen LogP contribution in [0.15, 0.2) is 83.7 Å². The third-order valence-corrected chi connectivity index (χ3v) is 7.15. The first-order chi connectivity index (χ1) is 19.3. The van der Waals surface area contributed by atoms with Crippen molar-refractivity contribution in [2.45, 2.75) is 58.8 Å². The lowest BCUT2D eigenvalue weighted by Crippen LogP contribution is -2.37. The van der Waals surface area contributed by atoms with E-state index >= 15 is 0 Å². The van der Waals surface area contributed by atoms with Crippen LogP contribution in [-0.2, 0) is 25.0 Å². The molecule has 0 aliphatic heterocycles. The Labute approximate surface area is 234 Å². The van der Waals surface area contributed by atoms with Crippen molar-refractivity contribution in [3.63, 3.8) is 0 Å². The van der Waals surface area contributed by atoms with Crippen molar-refractivity contribution in [3.05, 3.63) is 117 Å². The molecule has 0 aliphatic rings. The summed E-state index contributed by atoms with van der Waals surface area (Å²) in [6.45, 7) is 9.46. The van der Waals surface area contributed by atoms with Crippen molar-refractivity contribution in [2.75, 3.05) is 7.11 Å². The summed E-state index contributed by atoms with van der Waals surface area (Å²) in [5.74, 6) is 1.41. The van der Waals surface area contributed by atoms with E-state index in [1.54, 1.807) is 7.11 Å². The number of rotatable bonds is 9. The van der Waals surface area contributed by atoms with Gasteiger partial charge in [-0.05, 0) is 90.0 Å². The summed E-state index contributed by atoms with van der Waals surface area (Å²) in [4.78, 5) is 19.2. The fourth-order valence-electron chi connectivity index (χ4n) is 5.06. The molecule has 3 aromatic carbocycles. The number of methoxy groups -OCH3 is 1. The predicted octanol–water partition coefficient (Wildman–Crippen LogP) is 5.63. The van der Waals surface area contributed by atoms with Gasteiger partial charge < -0.3 is 9.72 Å². The zero-order valence-electron chi connectivity index (χ0n) is 23.8. The maximum Gasteiger partial charge on any atom is 0.253 e. The van der Waals surface area contributed by atoms with E-state index in [0.717, 1.165) is 34.2 Å². The van der Waals surface area contributed by atoms with Crippen LogP contribution in [0.1, 0.15) is 61.8 Å². The second-order valence-electron chi connectivity index (χ2n) is 11.1. The molecule has 5 aromatic rings. The van der Waals surface area contributed by atoms with E-state index in [4.69, 9.17) is 4.74 Å². The molecule has 0 amide bonds. The number of benzene rings is 3. The Morgan fingerprint density at radius 3 is 2.25 bits per heavy atom. The van der Waals surface area contributed by atoms with Crippen molar-refractivity contribution in [1.82, 2.24) is 30.1 Å². The number of H-pyrrole nitrogens is 1. The van der Waals surface area contributed by atoms with Gasteiger partial charge in [0, 0.05) is 24.2 Å². The van der Waals surface area contributed by atoms with Gasteiger partial charge in [0.15, 0.2) is 5.82 Å². The number of aryl methyl sites for hydroxylation is 1. The van der Waals surface area contributed by atoms with Crippen molar-refractivity contribution >= 4 is 10.9 Å². The summed E-state index contributed by atoms with van der Waals surface area (Å²) in [7, 11) is 1.66. The molecule has 40 heavy (non-hydrogen) atoms. The zero-order chi connectivity index (χ0) is 28.3. The highest BCUT2D eigenvalue weighted by Crippen LogP contribution is 2.32. The second-order valence-corrected chi connectivity index (χ2v) is 11.1. The molecule has 1 atom stereocenters. The van der Waals surface area contributed by atoms with Crippen molar-refractivity contribution in [2.24, 2.45) is 0 Å². The lowest BCUT2D eigenvalue weighted by molar-refractivity contribution is 0.184. The Morgan fingerprint density at radius 2 is 1.60 bits per heavy atom. The Kier molecular flexibility index (Phi) is 7.80. The fraction of sp³-hybridized carbons (Fsp3) is 0.312. The Morgan fingerprint density at radius 1 is 0.925 bits per heavy atom. The highest BCUT2D eigenvalue weighted by Gasteiger charge is 2.33. The normalized spacial score (nSPS) is 12.7. The number of hydrogen-bond acceptors (Lipinski definition) is 6. The molecule has 1 N–H and O–H groups in total. The molecule has 5 rings (SSSR count). The van der Waals surface area contributed by atoms with Crippen molar-refractivity contribution in [1.29, 1.82) is 0 Å². The number of aromatic amines is 1. The minimum absolute atomic E-state index is 0.155. The molecule has 0 aliphatic carbocycles. The summed E-state index contributed by atoms with van der Waals surface area (Å²) in [5.41, 5.74) is 4.28. The molecule has 0 bridgehead atoms. The Bertz CT molecular complexity index is 1630. The van der Waals surface area contributed by atoms with Gasteiger partial charge >= 0.3 is 0 Å². The highest BCUT2D eigenvalue weighted by molar-refractivity contribution is 5.80. The molecule has 0 saturated carbocycles. The van der Waals surface area contributed by atoms with Crippen LogP contribution in [0.25, 0.3) is 10.9 Å². The Balaban J connectivity index is 1.72. The van der Waals surface area contributed by atoms with Crippen molar-refractivity contribution < 1.29 is 4.74 Å². The molecule has 8 nitrogen and oxygen atoms in total. The molecule has 1 unspecified atom stereocenters. The van der Waals surface area contributed by atoms with Gasteiger partial charge in [-0.2, -0.15) is 0 Å². The molecule has 2 heterocycles. The van der Waals surface area contributed by atoms with E-state index in [2.05, 4.69) is 89.5 Å². The summed E-state index contributed by atoms with van der Waals surface area (Å²) < 4.78 is 7.21. The quantitative estimate of drug-likeness (QED) is 0.263. The van der Waals surface area contributed by atoms with Crippen LogP contribution in [-0.4, -0.2) is 37.2 Å². The number of ether oxygens (including phenoxy) is 1. The monoisotopic (exact) mass is 536 g/mol. The third-order valence-electron chi connectivity index (χ3n) is 7.15. The molecule has 0 saturated heterocycles. The lowest BCUT2D eigenvalue weighted by Gasteiger charge is -2.33. The van der Waals surface area contributed by atoms with Crippen LogP contribution in [0.4, 0.5) is 0 Å². The van der Waals surface area contributed by atoms with Gasteiger partial charge in [0.2, 0.25) is 0 Å². The number of hydrogen-bond donors (Lipinski definition) is 1. The number of aromatic nitrogens is 5. The first kappa shape index (κ1) is 27.3. The van der Waals surface area contributed by atoms with Gasteiger partial charge in [0.05, 0.1) is 12.6 Å². The smallest absolute Gasteiger partial charge is 0.253 e.